The summed E-state index contributed by atoms with van der Waals surface area (Å²) in [4.78, 5) is 4.02. The van der Waals surface area contributed by atoms with Crippen LogP contribution in [0.4, 0.5) is 4.39 Å². The van der Waals surface area contributed by atoms with Gasteiger partial charge in [-0.15, -0.1) is 11.6 Å². The quantitative estimate of drug-likeness (QED) is 0.549. The summed E-state index contributed by atoms with van der Waals surface area (Å²) >= 11 is 17.4. The Morgan fingerprint density at radius 1 is 1.27 bits per heavy atom. The average molecular weight is 265 g/mol. The second kappa shape index (κ2) is 4.12. The van der Waals surface area contributed by atoms with Crippen molar-refractivity contribution >= 4 is 45.7 Å². The lowest BCUT2D eigenvalue weighted by Crippen LogP contribution is -1.90. The molecule has 0 atom stereocenters. The summed E-state index contributed by atoms with van der Waals surface area (Å²) in [7, 11) is 0. The van der Waals surface area contributed by atoms with Gasteiger partial charge in [0.2, 0.25) is 0 Å². The van der Waals surface area contributed by atoms with Crippen molar-refractivity contribution in [2.45, 2.75) is 5.88 Å². The number of pyridine rings is 1. The average Bonchev–Trinajstić information content (AvgIpc) is 2.23. The molecule has 2 aromatic rings. The molecule has 0 unspecified atom stereocenters. The number of fused-ring (bicyclic) bond motifs is 1. The molecule has 0 fully saturated rings. The molecule has 78 valence electrons. The lowest BCUT2D eigenvalue weighted by Gasteiger charge is -2.05. The number of halogens is 4. The molecule has 2 rings (SSSR count). The van der Waals surface area contributed by atoms with Crippen LogP contribution >= 0.6 is 34.8 Å². The molecule has 0 saturated heterocycles. The van der Waals surface area contributed by atoms with Crippen molar-refractivity contribution in [3.05, 3.63) is 39.8 Å². The molecule has 0 radical (unpaired) electrons. The smallest absolute Gasteiger partial charge is 0.134 e. The van der Waals surface area contributed by atoms with Gasteiger partial charge in [0.25, 0.3) is 0 Å². The number of aromatic nitrogens is 1. The van der Waals surface area contributed by atoms with Gasteiger partial charge in [-0.3, -0.25) is 0 Å². The van der Waals surface area contributed by atoms with Gasteiger partial charge in [-0.05, 0) is 18.2 Å². The van der Waals surface area contributed by atoms with E-state index in [1.807, 2.05) is 0 Å². The predicted octanol–water partition coefficient (Wildman–Crippen LogP) is 4.42. The first kappa shape index (κ1) is 10.9. The van der Waals surface area contributed by atoms with Gasteiger partial charge in [0.05, 0.1) is 16.4 Å². The normalized spacial score (nSPS) is 10.9. The molecule has 0 N–H and O–H groups in total. The second-order valence-corrected chi connectivity index (χ2v) is 4.03. The monoisotopic (exact) mass is 263 g/mol. The maximum absolute atomic E-state index is 13.4. The fourth-order valence-corrected chi connectivity index (χ4v) is 1.99. The molecule has 1 nitrogen and oxygen atoms in total. The highest BCUT2D eigenvalue weighted by atomic mass is 35.5. The lowest BCUT2D eigenvalue weighted by atomic mass is 10.1. The number of hydrogen-bond acceptors (Lipinski definition) is 1. The Hall–Kier alpha value is -0.570. The van der Waals surface area contributed by atoms with E-state index in [0.29, 0.717) is 21.5 Å². The van der Waals surface area contributed by atoms with Crippen LogP contribution < -0.4 is 0 Å². The topological polar surface area (TPSA) is 12.9 Å². The van der Waals surface area contributed by atoms with E-state index in [-0.39, 0.29) is 16.9 Å². The molecule has 0 aliphatic rings. The van der Waals surface area contributed by atoms with Crippen LogP contribution in [0.1, 0.15) is 5.56 Å². The fraction of sp³-hybridized carbons (Fsp3) is 0.100. The van der Waals surface area contributed by atoms with E-state index < -0.39 is 0 Å². The van der Waals surface area contributed by atoms with Gasteiger partial charge in [0.1, 0.15) is 11.0 Å². The highest BCUT2D eigenvalue weighted by molar-refractivity contribution is 6.36. The number of rotatable bonds is 1. The van der Waals surface area contributed by atoms with Crippen LogP contribution in [-0.4, -0.2) is 4.98 Å². The van der Waals surface area contributed by atoms with Gasteiger partial charge in [-0.1, -0.05) is 23.2 Å². The molecule has 0 spiro atoms. The highest BCUT2D eigenvalue weighted by Gasteiger charge is 2.10. The molecule has 5 heteroatoms. The Morgan fingerprint density at radius 2 is 2.00 bits per heavy atom. The zero-order valence-electron chi connectivity index (χ0n) is 7.40. The predicted molar refractivity (Wildman–Crippen MR) is 61.3 cm³/mol. The molecule has 0 bridgehead atoms. The summed E-state index contributed by atoms with van der Waals surface area (Å²) in [6.07, 6.45) is 0. The Labute approximate surface area is 101 Å². The largest absolute Gasteiger partial charge is 0.234 e. The minimum Gasteiger partial charge on any atom is -0.234 e. The Kier molecular flexibility index (Phi) is 3.01. The maximum atomic E-state index is 13.4. The van der Waals surface area contributed by atoms with Gasteiger partial charge < -0.3 is 0 Å². The SMILES string of the molecule is Fc1ccc(Cl)c2nc(Cl)c(CCl)cc12. The van der Waals surface area contributed by atoms with E-state index in [9.17, 15) is 4.39 Å². The van der Waals surface area contributed by atoms with E-state index in [1.165, 1.54) is 12.1 Å². The van der Waals surface area contributed by atoms with Gasteiger partial charge in [-0.2, -0.15) is 0 Å². The maximum Gasteiger partial charge on any atom is 0.134 e. The van der Waals surface area contributed by atoms with Crippen LogP contribution in [0.15, 0.2) is 18.2 Å². The van der Waals surface area contributed by atoms with Crippen LogP contribution in [0.2, 0.25) is 10.2 Å². The molecular formula is C10H5Cl3FN. The van der Waals surface area contributed by atoms with Gasteiger partial charge >= 0.3 is 0 Å². The van der Waals surface area contributed by atoms with Crippen molar-refractivity contribution in [1.29, 1.82) is 0 Å². The van der Waals surface area contributed by atoms with E-state index in [2.05, 4.69) is 4.98 Å². The van der Waals surface area contributed by atoms with Crippen molar-refractivity contribution in [3.8, 4) is 0 Å². The summed E-state index contributed by atoms with van der Waals surface area (Å²) in [5.41, 5.74) is 0.947. The minimum atomic E-state index is -0.384. The van der Waals surface area contributed by atoms with Gasteiger partial charge in [0, 0.05) is 10.9 Å². The summed E-state index contributed by atoms with van der Waals surface area (Å²) in [6.45, 7) is 0. The molecule has 0 amide bonds. The third kappa shape index (κ3) is 1.89. The zero-order chi connectivity index (χ0) is 11.0. The van der Waals surface area contributed by atoms with Crippen molar-refractivity contribution in [1.82, 2.24) is 4.98 Å². The summed E-state index contributed by atoms with van der Waals surface area (Å²) in [5.74, 6) is -0.196. The van der Waals surface area contributed by atoms with Gasteiger partial charge in [0.15, 0.2) is 0 Å². The van der Waals surface area contributed by atoms with Crippen molar-refractivity contribution in [2.24, 2.45) is 0 Å². The lowest BCUT2D eigenvalue weighted by molar-refractivity contribution is 0.639. The summed E-state index contributed by atoms with van der Waals surface area (Å²) in [6, 6.07) is 4.31. The molecule has 0 aliphatic heterocycles. The molecule has 1 aromatic heterocycles. The molecule has 0 saturated carbocycles. The zero-order valence-corrected chi connectivity index (χ0v) is 9.67. The molecule has 15 heavy (non-hydrogen) atoms. The fourth-order valence-electron chi connectivity index (χ4n) is 1.31. The van der Waals surface area contributed by atoms with Crippen molar-refractivity contribution in [3.63, 3.8) is 0 Å². The van der Waals surface area contributed by atoms with E-state index >= 15 is 0 Å². The third-order valence-corrected chi connectivity index (χ3v) is 2.97. The summed E-state index contributed by atoms with van der Waals surface area (Å²) < 4.78 is 13.4. The minimum absolute atomic E-state index is 0.188. The number of alkyl halides is 1. The number of benzene rings is 1. The highest BCUT2D eigenvalue weighted by Crippen LogP contribution is 2.28. The first-order valence-corrected chi connectivity index (χ1v) is 5.41. The van der Waals surface area contributed by atoms with E-state index in [1.54, 1.807) is 6.07 Å². The molecule has 1 aromatic carbocycles. The van der Waals surface area contributed by atoms with Crippen LogP contribution in [0.5, 0.6) is 0 Å². The van der Waals surface area contributed by atoms with E-state index in [0.717, 1.165) is 0 Å². The summed E-state index contributed by atoms with van der Waals surface area (Å²) in [5, 5.41) is 0.960. The Balaban J connectivity index is 2.86. The second-order valence-electron chi connectivity index (χ2n) is 3.00. The van der Waals surface area contributed by atoms with Crippen LogP contribution in [0, 0.1) is 5.82 Å². The van der Waals surface area contributed by atoms with Crippen LogP contribution in [0.25, 0.3) is 10.9 Å². The standard InChI is InChI=1S/C10H5Cl3FN/c11-4-5-3-6-8(14)2-1-7(12)9(6)15-10(5)13/h1-3H,4H2. The Morgan fingerprint density at radius 3 is 2.67 bits per heavy atom. The first-order valence-electron chi connectivity index (χ1n) is 4.12. The third-order valence-electron chi connectivity index (χ3n) is 2.05. The molecular weight excluding hydrogens is 259 g/mol. The van der Waals surface area contributed by atoms with Crippen molar-refractivity contribution < 1.29 is 4.39 Å². The Bertz CT molecular complexity index is 528. The van der Waals surface area contributed by atoms with Crippen LogP contribution in [-0.2, 0) is 5.88 Å². The van der Waals surface area contributed by atoms with E-state index in [4.69, 9.17) is 34.8 Å². The molecule has 1 heterocycles. The van der Waals surface area contributed by atoms with Crippen molar-refractivity contribution in [2.75, 3.05) is 0 Å². The number of nitrogens with zero attached hydrogens (tertiary/aromatic N) is 1. The van der Waals surface area contributed by atoms with Gasteiger partial charge in [-0.25, -0.2) is 9.37 Å². The molecule has 0 aliphatic carbocycles. The van der Waals surface area contributed by atoms with Crippen LogP contribution in [0.3, 0.4) is 0 Å². The first-order chi connectivity index (χ1) is 7.13. The number of hydrogen-bond donors (Lipinski definition) is 0.